The molecular weight excluding hydrogens is 805 g/mol. The number of rotatable bonds is 12. The number of amides is 4. The molecule has 16 nitrogen and oxygen atoms in total. The second-order valence-electron chi connectivity index (χ2n) is 14.1. The average Bonchev–Trinajstić information content (AvgIpc) is 3.27. The van der Waals surface area contributed by atoms with E-state index in [9.17, 15) is 39.4 Å². The van der Waals surface area contributed by atoms with Gasteiger partial charge in [0, 0.05) is 89.5 Å². The molecule has 2 aliphatic heterocycles. The van der Waals surface area contributed by atoms with Crippen LogP contribution < -0.4 is 9.47 Å². The summed E-state index contributed by atoms with van der Waals surface area (Å²) >= 11 is 0.831. The molecule has 0 N–H and O–H groups in total. The topological polar surface area (TPSA) is 186 Å². The highest BCUT2D eigenvalue weighted by Gasteiger charge is 2.32. The van der Waals surface area contributed by atoms with Crippen molar-refractivity contribution in [2.45, 2.75) is 23.6 Å². The van der Waals surface area contributed by atoms with E-state index in [1.54, 1.807) is 80.3 Å². The van der Waals surface area contributed by atoms with Gasteiger partial charge in [-0.25, -0.2) is 0 Å². The molecule has 0 radical (unpaired) electrons. The third-order valence-electron chi connectivity index (χ3n) is 10.6. The summed E-state index contributed by atoms with van der Waals surface area (Å²) < 4.78 is 11.3. The van der Waals surface area contributed by atoms with Crippen LogP contribution in [0.15, 0.2) is 94.7 Å². The summed E-state index contributed by atoms with van der Waals surface area (Å²) in [5.74, 6) is -0.168. The summed E-state index contributed by atoms with van der Waals surface area (Å²) in [6.07, 6.45) is 5.66. The van der Waals surface area contributed by atoms with Crippen molar-refractivity contribution in [2.75, 3.05) is 66.6 Å². The number of benzene rings is 4. The fourth-order valence-electron chi connectivity index (χ4n) is 7.38. The Morgan fingerprint density at radius 1 is 0.557 bits per heavy atom. The number of hydrogen-bond acceptors (Lipinski definition) is 11. The summed E-state index contributed by atoms with van der Waals surface area (Å²) in [6, 6.07) is 19.6. The molecular formula is C44H44N6O10S. The van der Waals surface area contributed by atoms with E-state index >= 15 is 0 Å². The van der Waals surface area contributed by atoms with Gasteiger partial charge in [0.25, 0.3) is 11.4 Å². The SMILES string of the molecule is COc1ccccc1-c1c(C=CC(=O)N2CCN(C(C)=O)CC2)ccc(Sc2ccc(C=CC(=O)N3CCN(C(C)=O)CC3)c(-c3ccccc3OC)c2[N+](=O)[O-])c1[N+](=O)[O-]. The van der Waals surface area contributed by atoms with Crippen LogP contribution in [0.5, 0.6) is 11.5 Å². The molecule has 0 aliphatic carbocycles. The minimum absolute atomic E-state index is 0.0757. The minimum atomic E-state index is -0.559. The lowest BCUT2D eigenvalue weighted by Gasteiger charge is -2.33. The van der Waals surface area contributed by atoms with Gasteiger partial charge in [-0.2, -0.15) is 0 Å². The lowest BCUT2D eigenvalue weighted by Crippen LogP contribution is -2.49. The Morgan fingerprint density at radius 3 is 1.23 bits per heavy atom. The zero-order valence-corrected chi connectivity index (χ0v) is 34.9. The molecule has 2 aliphatic rings. The normalized spacial score (nSPS) is 14.4. The van der Waals surface area contributed by atoms with Crippen LogP contribution in [0.4, 0.5) is 11.4 Å². The minimum Gasteiger partial charge on any atom is -0.496 e. The van der Waals surface area contributed by atoms with Crippen molar-refractivity contribution in [3.8, 4) is 33.8 Å². The number of methoxy groups -OCH3 is 2. The molecule has 2 fully saturated rings. The van der Waals surface area contributed by atoms with E-state index in [-0.39, 0.29) is 55.9 Å². The van der Waals surface area contributed by atoms with Crippen LogP contribution >= 0.6 is 11.8 Å². The van der Waals surface area contributed by atoms with Crippen molar-refractivity contribution in [1.82, 2.24) is 19.6 Å². The second-order valence-corrected chi connectivity index (χ2v) is 15.2. The Bertz CT molecular complexity index is 2270. The van der Waals surface area contributed by atoms with Crippen molar-refractivity contribution in [2.24, 2.45) is 0 Å². The van der Waals surface area contributed by atoms with Gasteiger partial charge in [-0.15, -0.1) is 0 Å². The Hall–Kier alpha value is -7.01. The number of ether oxygens (including phenoxy) is 2. The molecule has 0 spiro atoms. The fraction of sp³-hybridized carbons (Fsp3) is 0.273. The maximum atomic E-state index is 13.3. The highest BCUT2D eigenvalue weighted by Crippen LogP contribution is 2.50. The van der Waals surface area contributed by atoms with E-state index in [1.807, 2.05) is 0 Å². The molecule has 0 saturated carbocycles. The maximum Gasteiger partial charge on any atom is 0.291 e. The number of carbonyl (C=O) groups is 4. The smallest absolute Gasteiger partial charge is 0.291 e. The van der Waals surface area contributed by atoms with Crippen LogP contribution in [0.2, 0.25) is 0 Å². The van der Waals surface area contributed by atoms with Gasteiger partial charge in [-0.1, -0.05) is 60.3 Å². The molecule has 4 amide bonds. The van der Waals surface area contributed by atoms with E-state index in [0.29, 0.717) is 86.1 Å². The van der Waals surface area contributed by atoms with E-state index in [2.05, 4.69) is 0 Å². The maximum absolute atomic E-state index is 13.3. The Morgan fingerprint density at radius 2 is 0.902 bits per heavy atom. The number of carbonyl (C=O) groups excluding carboxylic acids is 4. The number of nitro benzene ring substituents is 2. The van der Waals surface area contributed by atoms with Gasteiger partial charge in [0.05, 0.1) is 45.0 Å². The first-order valence-electron chi connectivity index (χ1n) is 19.3. The van der Waals surface area contributed by atoms with Gasteiger partial charge < -0.3 is 29.1 Å². The zero-order valence-electron chi connectivity index (χ0n) is 34.1. The number of nitro groups is 2. The molecule has 0 unspecified atom stereocenters. The van der Waals surface area contributed by atoms with Crippen molar-refractivity contribution in [3.63, 3.8) is 0 Å². The summed E-state index contributed by atoms with van der Waals surface area (Å²) in [7, 11) is 2.87. The second kappa shape index (κ2) is 19.4. The molecule has 4 aromatic carbocycles. The van der Waals surface area contributed by atoms with Gasteiger partial charge in [0.15, 0.2) is 0 Å². The van der Waals surface area contributed by atoms with Crippen molar-refractivity contribution in [1.29, 1.82) is 0 Å². The summed E-state index contributed by atoms with van der Waals surface area (Å²) in [5.41, 5.74) is 0.900. The van der Waals surface area contributed by atoms with Gasteiger partial charge in [-0.3, -0.25) is 39.4 Å². The largest absolute Gasteiger partial charge is 0.496 e. The van der Waals surface area contributed by atoms with Crippen LogP contribution in [-0.2, 0) is 19.2 Å². The van der Waals surface area contributed by atoms with Crippen LogP contribution in [0, 0.1) is 20.2 Å². The van der Waals surface area contributed by atoms with E-state index in [0.717, 1.165) is 11.8 Å². The molecule has 2 heterocycles. The van der Waals surface area contributed by atoms with Gasteiger partial charge in [-0.05, 0) is 47.5 Å². The van der Waals surface area contributed by atoms with Gasteiger partial charge in [0.2, 0.25) is 23.6 Å². The first-order chi connectivity index (χ1) is 29.3. The highest BCUT2D eigenvalue weighted by atomic mass is 32.2. The first kappa shape index (κ1) is 43.6. The molecule has 6 rings (SSSR count). The van der Waals surface area contributed by atoms with Crippen LogP contribution in [0.3, 0.4) is 0 Å². The lowest BCUT2D eigenvalue weighted by atomic mass is 9.96. The average molecular weight is 849 g/mol. The fourth-order valence-corrected chi connectivity index (χ4v) is 8.44. The monoisotopic (exact) mass is 848 g/mol. The van der Waals surface area contributed by atoms with Crippen molar-refractivity contribution < 1.29 is 38.5 Å². The molecule has 0 atom stereocenters. The predicted octanol–water partition coefficient (Wildman–Crippen LogP) is 6.41. The third kappa shape index (κ3) is 9.73. The Balaban J connectivity index is 1.45. The molecule has 316 valence electrons. The van der Waals surface area contributed by atoms with E-state index in [1.165, 1.54) is 64.5 Å². The van der Waals surface area contributed by atoms with Crippen molar-refractivity contribution >= 4 is 58.9 Å². The summed E-state index contributed by atoms with van der Waals surface area (Å²) in [5, 5.41) is 26.4. The quantitative estimate of drug-likeness (QED) is 0.0871. The summed E-state index contributed by atoms with van der Waals surface area (Å²) in [6.45, 7) is 5.83. The van der Waals surface area contributed by atoms with Gasteiger partial charge >= 0.3 is 0 Å². The molecule has 61 heavy (non-hydrogen) atoms. The predicted molar refractivity (Wildman–Crippen MR) is 230 cm³/mol. The first-order valence-corrected chi connectivity index (χ1v) is 20.2. The van der Waals surface area contributed by atoms with Crippen LogP contribution in [0.1, 0.15) is 25.0 Å². The summed E-state index contributed by atoms with van der Waals surface area (Å²) in [4.78, 5) is 82.3. The van der Waals surface area contributed by atoms with Crippen LogP contribution in [-0.4, -0.2) is 120 Å². The molecule has 17 heteroatoms. The number of nitrogens with zero attached hydrogens (tertiary/aromatic N) is 6. The molecule has 0 bridgehead atoms. The third-order valence-corrected chi connectivity index (χ3v) is 11.7. The Labute approximate surface area is 356 Å². The number of hydrogen-bond donors (Lipinski definition) is 0. The number of para-hydroxylation sites is 2. The molecule has 4 aromatic rings. The van der Waals surface area contributed by atoms with E-state index in [4.69, 9.17) is 9.47 Å². The number of piperazine rings is 2. The standard InChI is InChI=1S/C44H44N6O10S/c1-29(51)45-21-25-47(26-22-45)39(53)19-15-31-13-17-37(43(49(55)56)41(31)33-9-5-7-11-35(33)59-3)61-38-18-14-32(16-20-40(54)48-27-23-46(24-28-48)30(2)52)42(44(38)50(57)58)34-10-6-8-12-36(34)60-4/h5-20H,21-28H2,1-4H3. The molecule has 2 saturated heterocycles. The van der Waals surface area contributed by atoms with Gasteiger partial charge in [0.1, 0.15) is 11.5 Å². The highest BCUT2D eigenvalue weighted by molar-refractivity contribution is 7.99. The zero-order chi connectivity index (χ0) is 43.8. The Kier molecular flexibility index (Phi) is 13.8. The van der Waals surface area contributed by atoms with Crippen LogP contribution in [0.25, 0.3) is 34.4 Å². The lowest BCUT2D eigenvalue weighted by molar-refractivity contribution is -0.387. The molecule has 0 aromatic heterocycles. The van der Waals surface area contributed by atoms with Crippen molar-refractivity contribution in [3.05, 3.63) is 116 Å². The van der Waals surface area contributed by atoms with E-state index < -0.39 is 9.85 Å².